The number of hydrogen-bond donors (Lipinski definition) is 1. The summed E-state index contributed by atoms with van der Waals surface area (Å²) >= 11 is 0. The lowest BCUT2D eigenvalue weighted by Gasteiger charge is -2.36. The Bertz CT molecular complexity index is 288. The van der Waals surface area contributed by atoms with Crippen LogP contribution in [0.1, 0.15) is 46.0 Å². The Kier molecular flexibility index (Phi) is 3.65. The van der Waals surface area contributed by atoms with Gasteiger partial charge in [-0.15, -0.1) is 0 Å². The van der Waals surface area contributed by atoms with E-state index in [9.17, 15) is 0 Å². The molecule has 2 aliphatic heterocycles. The average molecular weight is 252 g/mol. The van der Waals surface area contributed by atoms with Crippen molar-refractivity contribution in [3.05, 3.63) is 0 Å². The first kappa shape index (κ1) is 12.9. The van der Waals surface area contributed by atoms with Crippen LogP contribution < -0.4 is 5.32 Å². The zero-order valence-corrected chi connectivity index (χ0v) is 12.0. The molecule has 1 saturated carbocycles. The van der Waals surface area contributed by atoms with Crippen molar-refractivity contribution in [2.24, 2.45) is 5.92 Å². The van der Waals surface area contributed by atoms with Gasteiger partial charge in [0.05, 0.1) is 5.60 Å². The largest absolute Gasteiger partial charge is 0.375 e. The minimum Gasteiger partial charge on any atom is -0.375 e. The minimum atomic E-state index is 0.0750. The number of likely N-dealkylation sites (tertiary alicyclic amines) is 1. The van der Waals surface area contributed by atoms with Gasteiger partial charge in [-0.1, -0.05) is 0 Å². The van der Waals surface area contributed by atoms with E-state index >= 15 is 0 Å². The molecule has 0 aromatic rings. The summed E-state index contributed by atoms with van der Waals surface area (Å²) in [6, 6.07) is 1.63. The Morgan fingerprint density at radius 3 is 2.78 bits per heavy atom. The Morgan fingerprint density at radius 1 is 1.22 bits per heavy atom. The van der Waals surface area contributed by atoms with E-state index in [-0.39, 0.29) is 5.60 Å². The van der Waals surface area contributed by atoms with E-state index in [0.717, 1.165) is 25.0 Å². The van der Waals surface area contributed by atoms with Crippen LogP contribution in [0, 0.1) is 5.92 Å². The van der Waals surface area contributed by atoms with Gasteiger partial charge in [0.25, 0.3) is 0 Å². The third-order valence-electron chi connectivity index (χ3n) is 4.77. The van der Waals surface area contributed by atoms with Gasteiger partial charge < -0.3 is 15.0 Å². The van der Waals surface area contributed by atoms with Crippen LogP contribution in [0.15, 0.2) is 0 Å². The number of nitrogens with one attached hydrogen (secondary N) is 1. The van der Waals surface area contributed by atoms with E-state index < -0.39 is 0 Å². The van der Waals surface area contributed by atoms with Crippen LogP contribution in [0.3, 0.4) is 0 Å². The van der Waals surface area contributed by atoms with Crippen molar-refractivity contribution in [2.75, 3.05) is 26.2 Å². The third kappa shape index (κ3) is 3.25. The minimum absolute atomic E-state index is 0.0750. The van der Waals surface area contributed by atoms with E-state index in [1.54, 1.807) is 0 Å². The molecule has 0 aromatic heterocycles. The van der Waals surface area contributed by atoms with Gasteiger partial charge in [-0.25, -0.2) is 0 Å². The van der Waals surface area contributed by atoms with Gasteiger partial charge in [0.2, 0.25) is 0 Å². The molecule has 2 heterocycles. The summed E-state index contributed by atoms with van der Waals surface area (Å²) in [6.45, 7) is 9.24. The molecule has 2 unspecified atom stereocenters. The lowest BCUT2D eigenvalue weighted by atomic mass is 9.93. The topological polar surface area (TPSA) is 24.5 Å². The Hall–Kier alpha value is -0.120. The highest BCUT2D eigenvalue weighted by Crippen LogP contribution is 2.31. The summed E-state index contributed by atoms with van der Waals surface area (Å²) in [5.41, 5.74) is 0.0750. The van der Waals surface area contributed by atoms with Crippen LogP contribution in [0.4, 0.5) is 0 Å². The molecule has 104 valence electrons. The van der Waals surface area contributed by atoms with Crippen LogP contribution in [0.5, 0.6) is 0 Å². The summed E-state index contributed by atoms with van der Waals surface area (Å²) in [7, 11) is 0. The highest BCUT2D eigenvalue weighted by Gasteiger charge is 2.35. The van der Waals surface area contributed by atoms with Crippen molar-refractivity contribution < 1.29 is 4.74 Å². The molecule has 1 aliphatic carbocycles. The monoisotopic (exact) mass is 252 g/mol. The first-order valence-corrected chi connectivity index (χ1v) is 7.74. The van der Waals surface area contributed by atoms with Crippen LogP contribution in [0.25, 0.3) is 0 Å². The second kappa shape index (κ2) is 5.10. The summed E-state index contributed by atoms with van der Waals surface area (Å²) < 4.78 is 5.78. The first-order valence-electron chi connectivity index (χ1n) is 7.74. The van der Waals surface area contributed by atoms with Gasteiger partial charge in [0.1, 0.15) is 0 Å². The molecule has 3 fully saturated rings. The van der Waals surface area contributed by atoms with Crippen LogP contribution in [-0.4, -0.2) is 48.8 Å². The summed E-state index contributed by atoms with van der Waals surface area (Å²) in [5, 5.41) is 3.79. The molecule has 18 heavy (non-hydrogen) atoms. The molecule has 3 rings (SSSR count). The normalized spacial score (nSPS) is 37.0. The van der Waals surface area contributed by atoms with Crippen molar-refractivity contribution in [3.8, 4) is 0 Å². The van der Waals surface area contributed by atoms with Gasteiger partial charge in [0.15, 0.2) is 0 Å². The van der Waals surface area contributed by atoms with Crippen LogP contribution in [0.2, 0.25) is 0 Å². The highest BCUT2D eigenvalue weighted by atomic mass is 16.5. The molecule has 1 N–H and O–H groups in total. The predicted octanol–water partition coefficient (Wildman–Crippen LogP) is 2.02. The Balaban J connectivity index is 1.39. The van der Waals surface area contributed by atoms with Crippen molar-refractivity contribution in [1.29, 1.82) is 0 Å². The predicted molar refractivity (Wildman–Crippen MR) is 73.8 cm³/mol. The van der Waals surface area contributed by atoms with Crippen molar-refractivity contribution >= 4 is 0 Å². The number of ether oxygens (including phenoxy) is 1. The zero-order chi connectivity index (χ0) is 12.6. The standard InChI is InChI=1S/C15H28N2O/c1-15(2)9-13(6-8-18-15)16-10-12-5-7-17(11-12)14-3-4-14/h12-14,16H,3-11H2,1-2H3. The molecule has 0 radical (unpaired) electrons. The number of rotatable bonds is 4. The van der Waals surface area contributed by atoms with Crippen molar-refractivity contribution in [2.45, 2.75) is 63.6 Å². The third-order valence-corrected chi connectivity index (χ3v) is 4.77. The smallest absolute Gasteiger partial charge is 0.0641 e. The maximum atomic E-state index is 5.78. The van der Waals surface area contributed by atoms with Crippen molar-refractivity contribution in [3.63, 3.8) is 0 Å². The lowest BCUT2D eigenvalue weighted by Crippen LogP contribution is -2.45. The number of nitrogens with zero attached hydrogens (tertiary/aromatic N) is 1. The lowest BCUT2D eigenvalue weighted by molar-refractivity contribution is -0.0631. The molecular weight excluding hydrogens is 224 g/mol. The SMILES string of the molecule is CC1(C)CC(NCC2CCN(C3CC3)C2)CCO1. The molecule has 3 aliphatic rings. The molecule has 0 bridgehead atoms. The van der Waals surface area contributed by atoms with E-state index in [4.69, 9.17) is 4.74 Å². The average Bonchev–Trinajstić information content (AvgIpc) is 3.05. The maximum Gasteiger partial charge on any atom is 0.0641 e. The number of hydrogen-bond acceptors (Lipinski definition) is 3. The van der Waals surface area contributed by atoms with Gasteiger partial charge in [0, 0.05) is 25.2 Å². The van der Waals surface area contributed by atoms with E-state index in [1.165, 1.54) is 45.3 Å². The summed E-state index contributed by atoms with van der Waals surface area (Å²) in [4.78, 5) is 2.71. The van der Waals surface area contributed by atoms with Crippen LogP contribution >= 0.6 is 0 Å². The van der Waals surface area contributed by atoms with Gasteiger partial charge >= 0.3 is 0 Å². The fourth-order valence-electron chi connectivity index (χ4n) is 3.54. The quantitative estimate of drug-likeness (QED) is 0.828. The van der Waals surface area contributed by atoms with Gasteiger partial charge in [-0.3, -0.25) is 0 Å². The van der Waals surface area contributed by atoms with E-state index in [2.05, 4.69) is 24.1 Å². The summed E-state index contributed by atoms with van der Waals surface area (Å²) in [6.07, 6.45) is 6.65. The molecule has 0 spiro atoms. The molecule has 3 nitrogen and oxygen atoms in total. The van der Waals surface area contributed by atoms with Gasteiger partial charge in [-0.05, 0) is 65.0 Å². The fraction of sp³-hybridized carbons (Fsp3) is 1.00. The molecule has 3 heteroatoms. The molecular formula is C15H28N2O. The van der Waals surface area contributed by atoms with Crippen LogP contribution in [-0.2, 0) is 4.74 Å². The Labute approximate surface area is 111 Å². The summed E-state index contributed by atoms with van der Waals surface area (Å²) in [5.74, 6) is 0.886. The van der Waals surface area contributed by atoms with Crippen molar-refractivity contribution in [1.82, 2.24) is 10.2 Å². The second-order valence-electron chi connectivity index (χ2n) is 7.09. The second-order valence-corrected chi connectivity index (χ2v) is 7.09. The Morgan fingerprint density at radius 2 is 2.06 bits per heavy atom. The molecule has 0 aromatic carbocycles. The molecule has 2 atom stereocenters. The van der Waals surface area contributed by atoms with E-state index in [0.29, 0.717) is 6.04 Å². The van der Waals surface area contributed by atoms with Gasteiger partial charge in [-0.2, -0.15) is 0 Å². The fourth-order valence-corrected chi connectivity index (χ4v) is 3.54. The maximum absolute atomic E-state index is 5.78. The van der Waals surface area contributed by atoms with E-state index in [1.807, 2.05) is 0 Å². The zero-order valence-electron chi connectivity index (χ0n) is 12.0. The highest BCUT2D eigenvalue weighted by molar-refractivity contribution is 4.91. The molecule has 2 saturated heterocycles. The first-order chi connectivity index (χ1) is 8.62. The molecule has 0 amide bonds.